The van der Waals surface area contributed by atoms with E-state index >= 15 is 0 Å². The molecule has 5 nitrogen and oxygen atoms in total. The van der Waals surface area contributed by atoms with E-state index in [0.29, 0.717) is 28.6 Å². The molecule has 1 aliphatic rings. The number of halogens is 2. The summed E-state index contributed by atoms with van der Waals surface area (Å²) in [6.07, 6.45) is 2.10. The molecule has 3 aromatic rings. The van der Waals surface area contributed by atoms with Crippen LogP contribution in [0.1, 0.15) is 17.5 Å². The van der Waals surface area contributed by atoms with Crippen molar-refractivity contribution in [2.45, 2.75) is 25.4 Å². The number of carbonyl (C=O) groups excluding carboxylic acids is 1. The van der Waals surface area contributed by atoms with Crippen molar-refractivity contribution in [3.05, 3.63) is 69.9 Å². The lowest BCUT2D eigenvalue weighted by Gasteiger charge is -2.28. The Morgan fingerprint density at radius 1 is 1.14 bits per heavy atom. The van der Waals surface area contributed by atoms with Gasteiger partial charge in [-0.2, -0.15) is 0 Å². The lowest BCUT2D eigenvalue weighted by Crippen LogP contribution is -2.41. The van der Waals surface area contributed by atoms with Gasteiger partial charge in [-0.3, -0.25) is 4.79 Å². The van der Waals surface area contributed by atoms with E-state index in [4.69, 9.17) is 27.6 Å². The molecule has 4 rings (SSSR count). The van der Waals surface area contributed by atoms with Gasteiger partial charge in [0.05, 0.1) is 24.2 Å². The number of amides is 1. The van der Waals surface area contributed by atoms with Crippen LogP contribution in [-0.4, -0.2) is 36.8 Å². The Balaban J connectivity index is 1.62. The lowest BCUT2D eigenvalue weighted by molar-refractivity contribution is -0.133. The minimum atomic E-state index is -3.13. The summed E-state index contributed by atoms with van der Waals surface area (Å²) in [6.45, 7) is 0.302. The van der Waals surface area contributed by atoms with Crippen LogP contribution in [0.2, 0.25) is 10.0 Å². The second kappa shape index (κ2) is 8.01. The van der Waals surface area contributed by atoms with Gasteiger partial charge in [0.1, 0.15) is 5.58 Å². The van der Waals surface area contributed by atoms with Crippen LogP contribution in [0.4, 0.5) is 0 Å². The van der Waals surface area contributed by atoms with Gasteiger partial charge in [-0.1, -0.05) is 35.3 Å². The van der Waals surface area contributed by atoms with Crippen LogP contribution < -0.4 is 0 Å². The van der Waals surface area contributed by atoms with Crippen LogP contribution in [-0.2, 0) is 27.6 Å². The van der Waals surface area contributed by atoms with Gasteiger partial charge in [0.2, 0.25) is 5.91 Å². The Hall–Kier alpha value is -2.02. The third kappa shape index (κ3) is 4.60. The number of furan rings is 1. The van der Waals surface area contributed by atoms with E-state index in [9.17, 15) is 13.2 Å². The molecule has 1 fully saturated rings. The Labute approximate surface area is 179 Å². The highest BCUT2D eigenvalue weighted by Crippen LogP contribution is 2.27. The van der Waals surface area contributed by atoms with Gasteiger partial charge in [0.25, 0.3) is 0 Å². The zero-order valence-electron chi connectivity index (χ0n) is 15.5. The molecule has 0 radical (unpaired) electrons. The third-order valence-electron chi connectivity index (χ3n) is 5.17. The van der Waals surface area contributed by atoms with Gasteiger partial charge < -0.3 is 9.32 Å². The Bertz CT molecular complexity index is 1170. The molecular formula is C21H19Cl2NO4S. The Kier molecular flexibility index (Phi) is 5.60. The smallest absolute Gasteiger partial charge is 0.227 e. The van der Waals surface area contributed by atoms with Gasteiger partial charge in [0, 0.05) is 33.6 Å². The second-order valence-electron chi connectivity index (χ2n) is 7.29. The first-order valence-corrected chi connectivity index (χ1v) is 11.8. The molecule has 1 saturated heterocycles. The van der Waals surface area contributed by atoms with Crippen LogP contribution >= 0.6 is 23.2 Å². The summed E-state index contributed by atoms with van der Waals surface area (Å²) in [5.41, 5.74) is 2.24. The summed E-state index contributed by atoms with van der Waals surface area (Å²) in [5.74, 6) is -0.0758. The number of hydrogen-bond acceptors (Lipinski definition) is 4. The van der Waals surface area contributed by atoms with Crippen molar-refractivity contribution in [2.24, 2.45) is 0 Å². The first-order chi connectivity index (χ1) is 13.8. The molecule has 29 heavy (non-hydrogen) atoms. The second-order valence-corrected chi connectivity index (χ2v) is 10.4. The number of carbonyl (C=O) groups is 1. The molecule has 1 atom stereocenters. The first-order valence-electron chi connectivity index (χ1n) is 9.21. The summed E-state index contributed by atoms with van der Waals surface area (Å²) in [6, 6.07) is 12.2. The highest BCUT2D eigenvalue weighted by Gasteiger charge is 2.35. The number of nitrogens with zero attached hydrogens (tertiary/aromatic N) is 1. The number of fused-ring (bicyclic) bond motifs is 1. The zero-order valence-corrected chi connectivity index (χ0v) is 17.8. The highest BCUT2D eigenvalue weighted by atomic mass is 35.5. The zero-order chi connectivity index (χ0) is 20.6. The van der Waals surface area contributed by atoms with E-state index in [0.717, 1.165) is 16.5 Å². The summed E-state index contributed by atoms with van der Waals surface area (Å²) >= 11 is 12.2. The average molecular weight is 452 g/mol. The summed E-state index contributed by atoms with van der Waals surface area (Å²) in [7, 11) is -3.13. The van der Waals surface area contributed by atoms with Gasteiger partial charge in [-0.15, -0.1) is 0 Å². The molecule has 1 aliphatic heterocycles. The standard InChI is InChI=1S/C21H19Cl2NO4S/c22-16-3-1-2-14(8-16)11-24(18-6-7-29(26,27)13-18)21(25)9-15-12-28-20-5-4-17(23)10-19(15)20/h1-5,8,10,12,18H,6-7,9,11,13H2. The average Bonchev–Trinajstić information content (AvgIpc) is 3.22. The summed E-state index contributed by atoms with van der Waals surface area (Å²) in [5, 5.41) is 1.92. The lowest BCUT2D eigenvalue weighted by atomic mass is 10.1. The van der Waals surface area contributed by atoms with Gasteiger partial charge >= 0.3 is 0 Å². The third-order valence-corrected chi connectivity index (χ3v) is 7.39. The van der Waals surface area contributed by atoms with Gasteiger partial charge in [0.15, 0.2) is 9.84 Å². The van der Waals surface area contributed by atoms with E-state index in [1.54, 1.807) is 41.5 Å². The number of benzene rings is 2. The van der Waals surface area contributed by atoms with Crippen molar-refractivity contribution < 1.29 is 17.6 Å². The van der Waals surface area contributed by atoms with Crippen LogP contribution in [0.3, 0.4) is 0 Å². The molecule has 0 saturated carbocycles. The van der Waals surface area contributed by atoms with Crippen LogP contribution in [0, 0.1) is 0 Å². The normalized spacial score (nSPS) is 18.2. The SMILES string of the molecule is O=C(Cc1coc2ccc(Cl)cc12)N(Cc1cccc(Cl)c1)C1CCS(=O)(=O)C1. The van der Waals surface area contributed by atoms with Crippen molar-refractivity contribution in [2.75, 3.05) is 11.5 Å². The van der Waals surface area contributed by atoms with E-state index in [-0.39, 0.29) is 29.9 Å². The van der Waals surface area contributed by atoms with Crippen molar-refractivity contribution in [1.29, 1.82) is 0 Å². The number of sulfone groups is 1. The molecule has 152 valence electrons. The van der Waals surface area contributed by atoms with Crippen LogP contribution in [0.5, 0.6) is 0 Å². The van der Waals surface area contributed by atoms with Crippen LogP contribution in [0.25, 0.3) is 11.0 Å². The summed E-state index contributed by atoms with van der Waals surface area (Å²) < 4.78 is 29.6. The first kappa shape index (κ1) is 20.3. The molecule has 0 aliphatic carbocycles. The molecule has 0 N–H and O–H groups in total. The maximum atomic E-state index is 13.3. The van der Waals surface area contributed by atoms with E-state index in [1.165, 1.54) is 0 Å². The predicted molar refractivity (Wildman–Crippen MR) is 114 cm³/mol. The van der Waals surface area contributed by atoms with E-state index in [1.807, 2.05) is 12.1 Å². The minimum absolute atomic E-state index is 0.0166. The fourth-order valence-electron chi connectivity index (χ4n) is 3.73. The molecule has 8 heteroatoms. The molecule has 0 bridgehead atoms. The minimum Gasteiger partial charge on any atom is -0.464 e. The fraction of sp³-hybridized carbons (Fsp3) is 0.286. The maximum Gasteiger partial charge on any atom is 0.227 e. The molecule has 1 amide bonds. The predicted octanol–water partition coefficient (Wildman–Crippen LogP) is 4.50. The Morgan fingerprint density at radius 3 is 2.66 bits per heavy atom. The Morgan fingerprint density at radius 2 is 1.93 bits per heavy atom. The quantitative estimate of drug-likeness (QED) is 0.572. The largest absolute Gasteiger partial charge is 0.464 e. The van der Waals surface area contributed by atoms with E-state index < -0.39 is 9.84 Å². The molecular weight excluding hydrogens is 433 g/mol. The van der Waals surface area contributed by atoms with E-state index in [2.05, 4.69) is 0 Å². The fourth-order valence-corrected chi connectivity index (χ4v) is 5.85. The van der Waals surface area contributed by atoms with Crippen molar-refractivity contribution >= 4 is 49.9 Å². The van der Waals surface area contributed by atoms with Crippen molar-refractivity contribution in [1.82, 2.24) is 4.90 Å². The number of rotatable bonds is 5. The van der Waals surface area contributed by atoms with Gasteiger partial charge in [-0.25, -0.2) is 8.42 Å². The highest BCUT2D eigenvalue weighted by molar-refractivity contribution is 7.91. The molecule has 0 spiro atoms. The topological polar surface area (TPSA) is 67.6 Å². The molecule has 2 aromatic carbocycles. The maximum absolute atomic E-state index is 13.3. The molecule has 1 unspecified atom stereocenters. The monoisotopic (exact) mass is 451 g/mol. The molecule has 2 heterocycles. The van der Waals surface area contributed by atoms with Crippen LogP contribution in [0.15, 0.2) is 53.1 Å². The van der Waals surface area contributed by atoms with Crippen molar-refractivity contribution in [3.63, 3.8) is 0 Å². The van der Waals surface area contributed by atoms with Gasteiger partial charge in [-0.05, 0) is 42.3 Å². The molecule has 1 aromatic heterocycles. The summed E-state index contributed by atoms with van der Waals surface area (Å²) in [4.78, 5) is 14.9. The van der Waals surface area contributed by atoms with Crippen molar-refractivity contribution in [3.8, 4) is 0 Å². The number of hydrogen-bond donors (Lipinski definition) is 0.